The van der Waals surface area contributed by atoms with E-state index in [0.29, 0.717) is 18.3 Å². The average Bonchev–Trinajstić information content (AvgIpc) is 3.08. The van der Waals surface area contributed by atoms with E-state index in [4.69, 9.17) is 5.11 Å². The minimum Gasteiger partial charge on any atom is -0.481 e. The van der Waals surface area contributed by atoms with E-state index >= 15 is 0 Å². The fraction of sp³-hybridized carbons (Fsp3) is 0.714. The molecule has 0 heterocycles. The first-order valence-corrected chi connectivity index (χ1v) is 9.81. The molecule has 140 valence electrons. The highest BCUT2D eigenvalue weighted by atomic mass is 16.4. The number of carboxylic acid groups (broad SMARTS) is 1. The molecule has 0 aromatic heterocycles. The molecule has 0 aromatic rings. The molecule has 0 amide bonds. The molecule has 4 nitrogen and oxygen atoms in total. The fourth-order valence-electron chi connectivity index (χ4n) is 4.34. The third-order valence-corrected chi connectivity index (χ3v) is 5.64. The van der Waals surface area contributed by atoms with E-state index < -0.39 is 5.97 Å². The topological polar surface area (TPSA) is 74.6 Å². The van der Waals surface area contributed by atoms with E-state index in [1.807, 2.05) is 0 Å². The first-order valence-electron chi connectivity index (χ1n) is 9.81. The van der Waals surface area contributed by atoms with Crippen molar-refractivity contribution in [1.29, 1.82) is 0 Å². The predicted octanol–water partition coefficient (Wildman–Crippen LogP) is 4.28. The maximum atomic E-state index is 10.6. The van der Waals surface area contributed by atoms with Crippen molar-refractivity contribution >= 4 is 12.3 Å². The van der Waals surface area contributed by atoms with Gasteiger partial charge in [0, 0.05) is 18.8 Å². The predicted molar refractivity (Wildman–Crippen MR) is 98.2 cm³/mol. The van der Waals surface area contributed by atoms with E-state index in [-0.39, 0.29) is 18.4 Å². The quantitative estimate of drug-likeness (QED) is 0.314. The number of aldehydes is 1. The molecule has 25 heavy (non-hydrogen) atoms. The van der Waals surface area contributed by atoms with Crippen LogP contribution >= 0.6 is 0 Å². The number of fused-ring (bicyclic) bond motifs is 1. The van der Waals surface area contributed by atoms with Crippen LogP contribution < -0.4 is 0 Å². The van der Waals surface area contributed by atoms with Crippen molar-refractivity contribution < 1.29 is 19.8 Å². The smallest absolute Gasteiger partial charge is 0.303 e. The molecule has 1 fully saturated rings. The molecular formula is C21H32O4. The average molecular weight is 348 g/mol. The van der Waals surface area contributed by atoms with Crippen LogP contribution in [-0.2, 0) is 9.59 Å². The minimum absolute atomic E-state index is 0.230. The molecule has 2 aliphatic carbocycles. The second kappa shape index (κ2) is 10.5. The van der Waals surface area contributed by atoms with Crippen LogP contribution in [0, 0.1) is 17.8 Å². The number of aliphatic hydroxyl groups excluding tert-OH is 1. The Morgan fingerprint density at radius 3 is 2.72 bits per heavy atom. The van der Waals surface area contributed by atoms with Crippen molar-refractivity contribution in [1.82, 2.24) is 0 Å². The number of unbranched alkanes of at least 4 members (excludes halogenated alkanes) is 5. The summed E-state index contributed by atoms with van der Waals surface area (Å²) >= 11 is 0. The van der Waals surface area contributed by atoms with E-state index in [1.165, 1.54) is 5.57 Å². The summed E-state index contributed by atoms with van der Waals surface area (Å²) in [6, 6.07) is 0. The van der Waals surface area contributed by atoms with Crippen molar-refractivity contribution in [2.45, 2.75) is 76.7 Å². The fourth-order valence-corrected chi connectivity index (χ4v) is 4.34. The van der Waals surface area contributed by atoms with Gasteiger partial charge in [0.1, 0.15) is 6.29 Å². The van der Waals surface area contributed by atoms with E-state index in [9.17, 15) is 14.7 Å². The Kier molecular flexibility index (Phi) is 8.39. The minimum atomic E-state index is -0.711. The number of aliphatic hydroxyl groups is 1. The standard InChI is InChI=1S/C21H32O4/c22-12-8-4-2-1-3-5-10-18-19-14-16(9-6-7-11-21(24)25)13-17(19)15-20(18)23/h5,10,12-13,17-20,23H,1-4,6-9,11,14-15H2,(H,24,25)/t17-,18+,19-,20+/m1/s1. The van der Waals surface area contributed by atoms with Gasteiger partial charge in [0.05, 0.1) is 6.10 Å². The Labute approximate surface area is 151 Å². The molecule has 0 saturated heterocycles. The summed E-state index contributed by atoms with van der Waals surface area (Å²) in [5.41, 5.74) is 1.46. The van der Waals surface area contributed by atoms with Gasteiger partial charge in [-0.05, 0) is 63.2 Å². The van der Waals surface area contributed by atoms with Crippen molar-refractivity contribution in [3.8, 4) is 0 Å². The highest BCUT2D eigenvalue weighted by Crippen LogP contribution is 2.48. The zero-order valence-electron chi connectivity index (χ0n) is 15.1. The first-order chi connectivity index (χ1) is 12.1. The van der Waals surface area contributed by atoms with Crippen molar-refractivity contribution in [3.63, 3.8) is 0 Å². The van der Waals surface area contributed by atoms with E-state index in [2.05, 4.69) is 18.2 Å². The zero-order valence-corrected chi connectivity index (χ0v) is 15.1. The van der Waals surface area contributed by atoms with Crippen LogP contribution in [0.4, 0.5) is 0 Å². The summed E-state index contributed by atoms with van der Waals surface area (Å²) in [5, 5.41) is 19.0. The second-order valence-corrected chi connectivity index (χ2v) is 7.57. The molecule has 4 heteroatoms. The molecule has 2 rings (SSSR count). The lowest BCUT2D eigenvalue weighted by Crippen LogP contribution is -2.17. The molecule has 0 aromatic carbocycles. The Bertz CT molecular complexity index is 494. The van der Waals surface area contributed by atoms with Crippen molar-refractivity contribution in [2.24, 2.45) is 17.8 Å². The van der Waals surface area contributed by atoms with Gasteiger partial charge in [0.2, 0.25) is 0 Å². The third-order valence-electron chi connectivity index (χ3n) is 5.64. The number of aliphatic carboxylic acids is 1. The second-order valence-electron chi connectivity index (χ2n) is 7.57. The van der Waals surface area contributed by atoms with Gasteiger partial charge >= 0.3 is 5.97 Å². The number of carbonyl (C=O) groups is 2. The summed E-state index contributed by atoms with van der Waals surface area (Å²) in [5.74, 6) is 0.562. The monoisotopic (exact) mass is 348 g/mol. The molecule has 1 saturated carbocycles. The first kappa shape index (κ1) is 19.9. The number of carbonyl (C=O) groups excluding carboxylic acids is 1. The lowest BCUT2D eigenvalue weighted by atomic mass is 9.88. The van der Waals surface area contributed by atoms with Gasteiger partial charge in [-0.25, -0.2) is 0 Å². The van der Waals surface area contributed by atoms with E-state index in [0.717, 1.165) is 64.1 Å². The Morgan fingerprint density at radius 1 is 1.16 bits per heavy atom. The maximum Gasteiger partial charge on any atom is 0.303 e. The molecule has 0 spiro atoms. The van der Waals surface area contributed by atoms with Gasteiger partial charge in [-0.2, -0.15) is 0 Å². The summed E-state index contributed by atoms with van der Waals surface area (Å²) in [4.78, 5) is 20.8. The summed E-state index contributed by atoms with van der Waals surface area (Å²) in [6.07, 6.45) is 17.3. The van der Waals surface area contributed by atoms with Gasteiger partial charge in [-0.1, -0.05) is 30.2 Å². The van der Waals surface area contributed by atoms with Crippen LogP contribution in [0.1, 0.15) is 70.6 Å². The summed E-state index contributed by atoms with van der Waals surface area (Å²) < 4.78 is 0. The molecule has 0 bridgehead atoms. The third kappa shape index (κ3) is 6.43. The Balaban J connectivity index is 1.70. The normalized spacial score (nSPS) is 28.3. The van der Waals surface area contributed by atoms with Crippen LogP contribution in [0.5, 0.6) is 0 Å². The molecule has 0 radical (unpaired) electrons. The molecule has 2 aliphatic rings. The summed E-state index contributed by atoms with van der Waals surface area (Å²) in [7, 11) is 0. The Morgan fingerprint density at radius 2 is 1.96 bits per heavy atom. The largest absolute Gasteiger partial charge is 0.481 e. The SMILES string of the molecule is O=CCCCCCC=C[C@H]1[C@@H]2CC(CCCCC(=O)O)=C[C@@H]2C[C@@H]1O. The highest BCUT2D eigenvalue weighted by molar-refractivity contribution is 5.66. The summed E-state index contributed by atoms with van der Waals surface area (Å²) in [6.45, 7) is 0. The zero-order chi connectivity index (χ0) is 18.1. The lowest BCUT2D eigenvalue weighted by Gasteiger charge is -2.18. The number of carboxylic acids is 1. The van der Waals surface area contributed by atoms with Crippen LogP contribution in [0.2, 0.25) is 0 Å². The van der Waals surface area contributed by atoms with Crippen LogP contribution in [0.25, 0.3) is 0 Å². The molecule has 4 atom stereocenters. The van der Waals surface area contributed by atoms with Gasteiger partial charge in [-0.3, -0.25) is 4.79 Å². The lowest BCUT2D eigenvalue weighted by molar-refractivity contribution is -0.137. The highest BCUT2D eigenvalue weighted by Gasteiger charge is 2.42. The van der Waals surface area contributed by atoms with Gasteiger partial charge in [0.15, 0.2) is 0 Å². The van der Waals surface area contributed by atoms with Crippen LogP contribution in [0.15, 0.2) is 23.8 Å². The number of rotatable bonds is 12. The van der Waals surface area contributed by atoms with Crippen LogP contribution in [-0.4, -0.2) is 28.6 Å². The molecule has 0 unspecified atom stereocenters. The Hall–Kier alpha value is -1.42. The number of allylic oxidation sites excluding steroid dienone is 3. The number of hydrogen-bond donors (Lipinski definition) is 2. The van der Waals surface area contributed by atoms with Crippen molar-refractivity contribution in [3.05, 3.63) is 23.8 Å². The van der Waals surface area contributed by atoms with E-state index in [1.54, 1.807) is 0 Å². The van der Waals surface area contributed by atoms with Crippen molar-refractivity contribution in [2.75, 3.05) is 0 Å². The maximum absolute atomic E-state index is 10.6. The molecule has 2 N–H and O–H groups in total. The molecular weight excluding hydrogens is 316 g/mol. The number of hydrogen-bond acceptors (Lipinski definition) is 3. The van der Waals surface area contributed by atoms with Crippen LogP contribution in [0.3, 0.4) is 0 Å². The van der Waals surface area contributed by atoms with Gasteiger partial charge in [0.25, 0.3) is 0 Å². The van der Waals surface area contributed by atoms with Gasteiger partial charge < -0.3 is 15.0 Å². The van der Waals surface area contributed by atoms with Gasteiger partial charge in [-0.15, -0.1) is 0 Å². The molecule has 0 aliphatic heterocycles.